The predicted octanol–water partition coefficient (Wildman–Crippen LogP) is 2.56. The fourth-order valence-electron chi connectivity index (χ4n) is 4.44. The molecular weight excluding hydrogens is 402 g/mol. The molecule has 0 radical (unpaired) electrons. The van der Waals surface area contributed by atoms with Crippen molar-refractivity contribution in [2.45, 2.75) is 31.7 Å². The maximum atomic E-state index is 14.9. The second-order valence-corrected chi connectivity index (χ2v) is 7.92. The molecule has 0 amide bonds. The van der Waals surface area contributed by atoms with Gasteiger partial charge in [0.25, 0.3) is 0 Å². The fourth-order valence-corrected chi connectivity index (χ4v) is 4.44. The van der Waals surface area contributed by atoms with Crippen LogP contribution >= 0.6 is 0 Å². The molecule has 0 N–H and O–H groups in total. The monoisotopic (exact) mass is 422 g/mol. The summed E-state index contributed by atoms with van der Waals surface area (Å²) in [5.74, 6) is -0.559. The second kappa shape index (κ2) is 7.91. The van der Waals surface area contributed by atoms with E-state index in [1.54, 1.807) is 17.2 Å². The molecule has 0 atom stereocenters. The largest absolute Gasteiger partial charge is 0.363 e. The lowest BCUT2D eigenvalue weighted by Crippen LogP contribution is -2.29. The summed E-state index contributed by atoms with van der Waals surface area (Å²) in [6, 6.07) is 4.78. The third-order valence-corrected chi connectivity index (χ3v) is 6.09. The van der Waals surface area contributed by atoms with Gasteiger partial charge in [-0.1, -0.05) is 0 Å². The minimum absolute atomic E-state index is 0.202. The number of hydrogen-bond donors (Lipinski definition) is 0. The van der Waals surface area contributed by atoms with Crippen LogP contribution in [0.1, 0.15) is 35.6 Å². The Morgan fingerprint density at radius 3 is 2.65 bits per heavy atom. The molecule has 158 valence electrons. The normalized spacial score (nSPS) is 16.4. The number of hydrogen-bond acceptors (Lipinski definition) is 7. The van der Waals surface area contributed by atoms with Crippen molar-refractivity contribution in [1.29, 1.82) is 5.26 Å². The van der Waals surface area contributed by atoms with Gasteiger partial charge < -0.3 is 9.80 Å². The van der Waals surface area contributed by atoms with Gasteiger partial charge in [-0.25, -0.2) is 13.5 Å². The Morgan fingerprint density at radius 1 is 1.10 bits per heavy atom. The first-order chi connectivity index (χ1) is 15.1. The molecule has 8 nitrogen and oxygen atoms in total. The van der Waals surface area contributed by atoms with Gasteiger partial charge in [-0.05, 0) is 58.9 Å². The zero-order valence-electron chi connectivity index (χ0n) is 16.7. The molecule has 0 saturated carbocycles. The van der Waals surface area contributed by atoms with E-state index in [1.165, 1.54) is 17.1 Å². The van der Waals surface area contributed by atoms with E-state index >= 15 is 0 Å². The Hall–Kier alpha value is -3.61. The van der Waals surface area contributed by atoms with E-state index < -0.39 is 0 Å². The standard InChI is InChI=1S/C21H20F2N8/c22-18-8-16(14-1-4-29(12-24)5-2-14)10-25-20(18)11-30-6-3-15-7-17(9-19(23)21(15)30)31-13-26-27-28-31/h7-10,13-14H,1-6,11H2. The number of pyridine rings is 1. The van der Waals surface area contributed by atoms with Crippen molar-refractivity contribution in [2.24, 2.45) is 0 Å². The van der Waals surface area contributed by atoms with Crippen LogP contribution < -0.4 is 4.90 Å². The van der Waals surface area contributed by atoms with Crippen LogP contribution in [-0.2, 0) is 13.0 Å². The average molecular weight is 422 g/mol. The van der Waals surface area contributed by atoms with Crippen LogP contribution in [-0.4, -0.2) is 49.7 Å². The maximum Gasteiger partial charge on any atom is 0.179 e. The molecule has 31 heavy (non-hydrogen) atoms. The van der Waals surface area contributed by atoms with Gasteiger partial charge in [0.2, 0.25) is 0 Å². The lowest BCUT2D eigenvalue weighted by Gasteiger charge is -2.28. The number of likely N-dealkylation sites (tertiary alicyclic amines) is 1. The van der Waals surface area contributed by atoms with Crippen LogP contribution in [0.3, 0.4) is 0 Å². The minimum Gasteiger partial charge on any atom is -0.363 e. The quantitative estimate of drug-likeness (QED) is 0.597. The van der Waals surface area contributed by atoms with E-state index in [-0.39, 0.29) is 24.1 Å². The van der Waals surface area contributed by atoms with E-state index in [9.17, 15) is 8.78 Å². The number of nitrogens with zero attached hydrogens (tertiary/aromatic N) is 8. The highest BCUT2D eigenvalue weighted by Gasteiger charge is 2.26. The number of nitriles is 1. The maximum absolute atomic E-state index is 14.9. The van der Waals surface area contributed by atoms with E-state index in [0.717, 1.165) is 24.0 Å². The third kappa shape index (κ3) is 3.67. The summed E-state index contributed by atoms with van der Waals surface area (Å²) in [6.45, 7) is 2.15. The molecule has 4 heterocycles. The number of benzene rings is 1. The molecule has 10 heteroatoms. The topological polar surface area (TPSA) is 86.8 Å². The summed E-state index contributed by atoms with van der Waals surface area (Å²) in [5.41, 5.74) is 3.03. The molecule has 0 bridgehead atoms. The highest BCUT2D eigenvalue weighted by molar-refractivity contribution is 5.62. The van der Waals surface area contributed by atoms with Gasteiger partial charge in [0.05, 0.1) is 23.6 Å². The molecule has 3 aromatic rings. The minimum atomic E-state index is -0.387. The number of anilines is 1. The fraction of sp³-hybridized carbons (Fsp3) is 0.381. The number of tetrazole rings is 1. The van der Waals surface area contributed by atoms with Crippen molar-refractivity contribution < 1.29 is 8.78 Å². The molecule has 2 aromatic heterocycles. The number of halogens is 2. The van der Waals surface area contributed by atoms with Gasteiger partial charge in [-0.2, -0.15) is 5.26 Å². The Labute approximate surface area is 177 Å². The molecule has 2 aliphatic heterocycles. The third-order valence-electron chi connectivity index (χ3n) is 6.09. The predicted molar refractivity (Wildman–Crippen MR) is 107 cm³/mol. The first kappa shape index (κ1) is 19.4. The first-order valence-corrected chi connectivity index (χ1v) is 10.2. The van der Waals surface area contributed by atoms with E-state index in [0.29, 0.717) is 43.1 Å². The van der Waals surface area contributed by atoms with E-state index in [2.05, 4.69) is 26.7 Å². The number of piperidine rings is 1. The van der Waals surface area contributed by atoms with Gasteiger partial charge in [-0.15, -0.1) is 5.10 Å². The van der Waals surface area contributed by atoms with Crippen molar-refractivity contribution in [2.75, 3.05) is 24.5 Å². The highest BCUT2D eigenvalue weighted by atomic mass is 19.1. The summed E-state index contributed by atoms with van der Waals surface area (Å²) in [4.78, 5) is 7.91. The molecule has 1 fully saturated rings. The summed E-state index contributed by atoms with van der Waals surface area (Å²) in [7, 11) is 0. The molecule has 5 rings (SSSR count). The summed E-state index contributed by atoms with van der Waals surface area (Å²) < 4.78 is 31.2. The van der Waals surface area contributed by atoms with Crippen LogP contribution in [0.15, 0.2) is 30.7 Å². The van der Waals surface area contributed by atoms with Gasteiger partial charge in [0.1, 0.15) is 18.0 Å². The highest BCUT2D eigenvalue weighted by Crippen LogP contribution is 2.34. The number of fused-ring (bicyclic) bond motifs is 1. The van der Waals surface area contributed by atoms with E-state index in [1.807, 2.05) is 11.0 Å². The average Bonchev–Trinajstić information content (AvgIpc) is 3.46. The Morgan fingerprint density at radius 2 is 1.94 bits per heavy atom. The molecule has 0 spiro atoms. The van der Waals surface area contributed by atoms with Crippen molar-refractivity contribution in [1.82, 2.24) is 30.1 Å². The Balaban J connectivity index is 1.33. The first-order valence-electron chi connectivity index (χ1n) is 10.2. The lowest BCUT2D eigenvalue weighted by molar-refractivity contribution is 0.294. The molecule has 2 aliphatic rings. The molecule has 1 saturated heterocycles. The van der Waals surface area contributed by atoms with Crippen LogP contribution in [0.2, 0.25) is 0 Å². The van der Waals surface area contributed by atoms with Gasteiger partial charge in [-0.3, -0.25) is 4.98 Å². The van der Waals surface area contributed by atoms with Crippen LogP contribution in [0.25, 0.3) is 5.69 Å². The van der Waals surface area contributed by atoms with Gasteiger partial charge >= 0.3 is 0 Å². The zero-order valence-corrected chi connectivity index (χ0v) is 16.7. The molecular formula is C21H20F2N8. The van der Waals surface area contributed by atoms with Crippen molar-refractivity contribution >= 4 is 5.69 Å². The van der Waals surface area contributed by atoms with Gasteiger partial charge in [0, 0.05) is 31.9 Å². The lowest BCUT2D eigenvalue weighted by atomic mass is 9.90. The SMILES string of the molecule is N#CN1CCC(c2cnc(CN3CCc4cc(-n5cnnn5)cc(F)c43)c(F)c2)CC1. The molecule has 0 aliphatic carbocycles. The Kier molecular flexibility index (Phi) is 4.94. The summed E-state index contributed by atoms with van der Waals surface area (Å²) in [6.07, 6.45) is 7.56. The smallest absolute Gasteiger partial charge is 0.179 e. The number of aromatic nitrogens is 5. The van der Waals surface area contributed by atoms with Crippen molar-refractivity contribution in [3.8, 4) is 11.9 Å². The van der Waals surface area contributed by atoms with Crippen LogP contribution in [0.5, 0.6) is 0 Å². The molecule has 0 unspecified atom stereocenters. The van der Waals surface area contributed by atoms with Crippen molar-refractivity contribution in [3.05, 3.63) is 59.2 Å². The van der Waals surface area contributed by atoms with Crippen molar-refractivity contribution in [3.63, 3.8) is 0 Å². The number of rotatable bonds is 4. The summed E-state index contributed by atoms with van der Waals surface area (Å²) >= 11 is 0. The van der Waals surface area contributed by atoms with Crippen LogP contribution in [0.4, 0.5) is 14.5 Å². The second-order valence-electron chi connectivity index (χ2n) is 7.92. The van der Waals surface area contributed by atoms with Gasteiger partial charge in [0.15, 0.2) is 6.19 Å². The van der Waals surface area contributed by atoms with Crippen LogP contribution in [0, 0.1) is 23.1 Å². The Bertz CT molecular complexity index is 1130. The summed E-state index contributed by atoms with van der Waals surface area (Å²) in [5, 5.41) is 20.0. The molecule has 1 aromatic carbocycles. The zero-order chi connectivity index (χ0) is 21.4. The van der Waals surface area contributed by atoms with E-state index in [4.69, 9.17) is 5.26 Å².